The van der Waals surface area contributed by atoms with Gasteiger partial charge in [-0.25, -0.2) is 4.98 Å². The van der Waals surface area contributed by atoms with Crippen molar-refractivity contribution < 1.29 is 4.79 Å². The number of carbonyl (C=O) groups is 1. The van der Waals surface area contributed by atoms with Crippen LogP contribution < -0.4 is 11.1 Å². The average Bonchev–Trinajstić information content (AvgIpc) is 3.00. The first kappa shape index (κ1) is 13.8. The van der Waals surface area contributed by atoms with Crippen LogP contribution in [-0.2, 0) is 0 Å². The van der Waals surface area contributed by atoms with Gasteiger partial charge in [-0.2, -0.15) is 5.10 Å². The molecule has 4 N–H and O–H groups in total. The number of hydrogen-bond donors (Lipinski definition) is 3. The highest BCUT2D eigenvalue weighted by molar-refractivity contribution is 5.94. The number of aromatic amines is 1. The van der Waals surface area contributed by atoms with E-state index in [1.807, 2.05) is 6.92 Å². The Morgan fingerprint density at radius 2 is 2.20 bits per heavy atom. The van der Waals surface area contributed by atoms with Crippen LogP contribution in [-0.4, -0.2) is 27.6 Å². The van der Waals surface area contributed by atoms with E-state index in [-0.39, 0.29) is 11.9 Å². The number of rotatable bonds is 3. The molecule has 6 heteroatoms. The molecule has 1 amide bonds. The van der Waals surface area contributed by atoms with Gasteiger partial charge in [0.15, 0.2) is 0 Å². The number of carbonyl (C=O) groups excluding carboxylic acids is 1. The number of nitrogens with two attached hydrogens (primary N) is 1. The largest absolute Gasteiger partial charge is 0.342 e. The summed E-state index contributed by atoms with van der Waals surface area (Å²) in [7, 11) is 0. The predicted octanol–water partition coefficient (Wildman–Crippen LogP) is 0.606. The fourth-order valence-electron chi connectivity index (χ4n) is 1.63. The van der Waals surface area contributed by atoms with Gasteiger partial charge in [0.1, 0.15) is 12.2 Å². The quantitative estimate of drug-likeness (QED) is 0.711. The topological polar surface area (TPSA) is 96.7 Å². The van der Waals surface area contributed by atoms with Crippen LogP contribution in [0, 0.1) is 11.8 Å². The fourth-order valence-corrected chi connectivity index (χ4v) is 1.63. The molecule has 0 bridgehead atoms. The summed E-state index contributed by atoms with van der Waals surface area (Å²) in [5.41, 5.74) is 6.70. The van der Waals surface area contributed by atoms with Crippen molar-refractivity contribution in [2.75, 3.05) is 6.54 Å². The second kappa shape index (κ2) is 6.50. The smallest absolute Gasteiger partial charge is 0.251 e. The van der Waals surface area contributed by atoms with Crippen molar-refractivity contribution in [3.05, 3.63) is 47.5 Å². The molecule has 1 aromatic carbocycles. The van der Waals surface area contributed by atoms with Gasteiger partial charge in [0, 0.05) is 11.1 Å². The lowest BCUT2D eigenvalue weighted by Crippen LogP contribution is -2.27. The van der Waals surface area contributed by atoms with E-state index in [2.05, 4.69) is 32.3 Å². The third-order valence-corrected chi connectivity index (χ3v) is 2.67. The van der Waals surface area contributed by atoms with Gasteiger partial charge < -0.3 is 11.1 Å². The Balaban J connectivity index is 2.02. The van der Waals surface area contributed by atoms with Crippen LogP contribution in [0.5, 0.6) is 0 Å². The maximum atomic E-state index is 12.0. The zero-order chi connectivity index (χ0) is 14.4. The van der Waals surface area contributed by atoms with E-state index in [1.54, 1.807) is 24.3 Å². The molecule has 1 unspecified atom stereocenters. The summed E-state index contributed by atoms with van der Waals surface area (Å²) in [6.07, 6.45) is 1.41. The van der Waals surface area contributed by atoms with Crippen LogP contribution >= 0.6 is 0 Å². The molecule has 2 rings (SSSR count). The van der Waals surface area contributed by atoms with Crippen molar-refractivity contribution in [2.24, 2.45) is 5.73 Å². The standard InChI is InChI=1S/C14H15N5O/c1-10(13-16-9-17-19-13)18-14(20)12-6-4-11(5-7-12)3-2-8-15/h4-7,9-10H,8,15H2,1H3,(H,18,20)(H,16,17,19). The third kappa shape index (κ3) is 3.43. The minimum absolute atomic E-state index is 0.174. The summed E-state index contributed by atoms with van der Waals surface area (Å²) in [5, 5.41) is 9.30. The molecule has 0 aliphatic carbocycles. The van der Waals surface area contributed by atoms with E-state index in [9.17, 15) is 4.79 Å². The van der Waals surface area contributed by atoms with Gasteiger partial charge in [0.2, 0.25) is 0 Å². The highest BCUT2D eigenvalue weighted by Crippen LogP contribution is 2.08. The maximum Gasteiger partial charge on any atom is 0.251 e. The Hall–Kier alpha value is -2.65. The molecule has 0 saturated carbocycles. The fraction of sp³-hybridized carbons (Fsp3) is 0.214. The molecule has 1 atom stereocenters. The van der Waals surface area contributed by atoms with Gasteiger partial charge in [0.25, 0.3) is 5.91 Å². The lowest BCUT2D eigenvalue weighted by Gasteiger charge is -2.10. The van der Waals surface area contributed by atoms with E-state index in [1.165, 1.54) is 6.33 Å². The zero-order valence-electron chi connectivity index (χ0n) is 11.1. The molecular formula is C14H15N5O. The van der Waals surface area contributed by atoms with E-state index < -0.39 is 0 Å². The molecule has 2 aromatic rings. The van der Waals surface area contributed by atoms with Crippen LogP contribution in [0.4, 0.5) is 0 Å². The van der Waals surface area contributed by atoms with Gasteiger partial charge in [-0.3, -0.25) is 9.89 Å². The lowest BCUT2D eigenvalue weighted by molar-refractivity contribution is 0.0938. The molecule has 0 aliphatic rings. The van der Waals surface area contributed by atoms with E-state index >= 15 is 0 Å². The second-order valence-electron chi connectivity index (χ2n) is 4.15. The van der Waals surface area contributed by atoms with Crippen LogP contribution in [0.15, 0.2) is 30.6 Å². The molecule has 6 nitrogen and oxygen atoms in total. The molecule has 102 valence electrons. The number of nitrogens with one attached hydrogen (secondary N) is 2. The van der Waals surface area contributed by atoms with Crippen molar-refractivity contribution in [1.29, 1.82) is 0 Å². The molecule has 0 spiro atoms. The van der Waals surface area contributed by atoms with E-state index in [4.69, 9.17) is 5.73 Å². The summed E-state index contributed by atoms with van der Waals surface area (Å²) in [5.74, 6) is 6.11. The van der Waals surface area contributed by atoms with E-state index in [0.717, 1.165) is 5.56 Å². The molecular weight excluding hydrogens is 254 g/mol. The number of aromatic nitrogens is 3. The van der Waals surface area contributed by atoms with Crippen LogP contribution in [0.1, 0.15) is 34.7 Å². The summed E-state index contributed by atoms with van der Waals surface area (Å²) in [6.45, 7) is 2.15. The normalized spacial score (nSPS) is 11.3. The number of amides is 1. The van der Waals surface area contributed by atoms with Crippen molar-refractivity contribution in [1.82, 2.24) is 20.5 Å². The second-order valence-corrected chi connectivity index (χ2v) is 4.15. The van der Waals surface area contributed by atoms with E-state index in [0.29, 0.717) is 17.9 Å². The van der Waals surface area contributed by atoms with Gasteiger partial charge in [-0.15, -0.1) is 0 Å². The van der Waals surface area contributed by atoms with Crippen molar-refractivity contribution in [3.63, 3.8) is 0 Å². The first-order valence-corrected chi connectivity index (χ1v) is 6.16. The van der Waals surface area contributed by atoms with Crippen molar-refractivity contribution in [3.8, 4) is 11.8 Å². The SMILES string of the molecule is CC(NC(=O)c1ccc(C#CCN)cc1)c1ncn[nH]1. The Labute approximate surface area is 116 Å². The third-order valence-electron chi connectivity index (χ3n) is 2.67. The van der Waals surface area contributed by atoms with Crippen molar-refractivity contribution >= 4 is 5.91 Å². The predicted molar refractivity (Wildman–Crippen MR) is 74.6 cm³/mol. The Morgan fingerprint density at radius 3 is 2.80 bits per heavy atom. The Bertz CT molecular complexity index is 622. The molecule has 0 aliphatic heterocycles. The number of hydrogen-bond acceptors (Lipinski definition) is 4. The molecule has 0 fully saturated rings. The summed E-state index contributed by atoms with van der Waals surface area (Å²) >= 11 is 0. The maximum absolute atomic E-state index is 12.0. The lowest BCUT2D eigenvalue weighted by atomic mass is 10.1. The van der Waals surface area contributed by atoms with Gasteiger partial charge in [-0.05, 0) is 31.2 Å². The molecule has 0 saturated heterocycles. The minimum Gasteiger partial charge on any atom is -0.342 e. The van der Waals surface area contributed by atoms with Crippen molar-refractivity contribution in [2.45, 2.75) is 13.0 Å². The molecule has 1 heterocycles. The monoisotopic (exact) mass is 269 g/mol. The van der Waals surface area contributed by atoms with Gasteiger partial charge in [0.05, 0.1) is 12.6 Å². The van der Waals surface area contributed by atoms with Crippen LogP contribution in [0.2, 0.25) is 0 Å². The molecule has 1 aromatic heterocycles. The highest BCUT2D eigenvalue weighted by atomic mass is 16.1. The van der Waals surface area contributed by atoms with Crippen LogP contribution in [0.25, 0.3) is 0 Å². The Kier molecular flexibility index (Phi) is 4.47. The van der Waals surface area contributed by atoms with Crippen LogP contribution in [0.3, 0.4) is 0 Å². The van der Waals surface area contributed by atoms with Gasteiger partial charge >= 0.3 is 0 Å². The first-order valence-electron chi connectivity index (χ1n) is 6.16. The average molecular weight is 269 g/mol. The highest BCUT2D eigenvalue weighted by Gasteiger charge is 2.13. The molecule has 20 heavy (non-hydrogen) atoms. The number of benzene rings is 1. The first-order chi connectivity index (χ1) is 9.70. The minimum atomic E-state index is -0.235. The van der Waals surface area contributed by atoms with Gasteiger partial charge in [-0.1, -0.05) is 11.8 Å². The summed E-state index contributed by atoms with van der Waals surface area (Å²) in [6, 6.07) is 6.79. The summed E-state index contributed by atoms with van der Waals surface area (Å²) < 4.78 is 0. The Morgan fingerprint density at radius 1 is 1.45 bits per heavy atom. The summed E-state index contributed by atoms with van der Waals surface area (Å²) in [4.78, 5) is 16.0. The zero-order valence-corrected chi connectivity index (χ0v) is 11.1. The number of H-pyrrole nitrogens is 1. The number of nitrogens with zero attached hydrogens (tertiary/aromatic N) is 2. The molecule has 0 radical (unpaired) electrons.